The summed E-state index contributed by atoms with van der Waals surface area (Å²) in [6.45, 7) is 4.11. The SMILES string of the molecule is Cc1cccc(OCC(=O)N[C@@H]2CCc3ccccc32)c1C. The Bertz CT molecular complexity index is 694. The second kappa shape index (κ2) is 6.22. The highest BCUT2D eigenvalue weighted by Crippen LogP contribution is 2.30. The Hall–Kier alpha value is -2.29. The van der Waals surface area contributed by atoms with Gasteiger partial charge in [0.1, 0.15) is 5.75 Å². The average molecular weight is 295 g/mol. The lowest BCUT2D eigenvalue weighted by Gasteiger charge is -2.15. The van der Waals surface area contributed by atoms with E-state index in [2.05, 4.69) is 17.4 Å². The van der Waals surface area contributed by atoms with Gasteiger partial charge >= 0.3 is 0 Å². The third kappa shape index (κ3) is 2.98. The minimum absolute atomic E-state index is 0.0585. The molecule has 1 atom stereocenters. The molecule has 1 amide bonds. The quantitative estimate of drug-likeness (QED) is 0.937. The predicted octanol–water partition coefficient (Wildman–Crippen LogP) is 3.49. The van der Waals surface area contributed by atoms with E-state index in [0.717, 1.165) is 24.2 Å². The first-order valence-electron chi connectivity index (χ1n) is 7.71. The van der Waals surface area contributed by atoms with E-state index < -0.39 is 0 Å². The van der Waals surface area contributed by atoms with E-state index in [0.29, 0.717) is 0 Å². The maximum absolute atomic E-state index is 12.1. The molecule has 22 heavy (non-hydrogen) atoms. The summed E-state index contributed by atoms with van der Waals surface area (Å²) >= 11 is 0. The molecule has 0 radical (unpaired) electrons. The third-order valence-corrected chi connectivity index (χ3v) is 4.38. The molecular formula is C19H21NO2. The van der Waals surface area contributed by atoms with Crippen molar-refractivity contribution in [3.63, 3.8) is 0 Å². The highest BCUT2D eigenvalue weighted by Gasteiger charge is 2.23. The van der Waals surface area contributed by atoms with Gasteiger partial charge in [0, 0.05) is 0 Å². The van der Waals surface area contributed by atoms with Gasteiger partial charge in [-0.25, -0.2) is 0 Å². The number of fused-ring (bicyclic) bond motifs is 1. The molecule has 0 aromatic heterocycles. The van der Waals surface area contributed by atoms with Gasteiger partial charge in [0.2, 0.25) is 0 Å². The zero-order valence-electron chi connectivity index (χ0n) is 13.1. The molecule has 0 aliphatic heterocycles. The van der Waals surface area contributed by atoms with Gasteiger partial charge in [-0.1, -0.05) is 36.4 Å². The lowest BCUT2D eigenvalue weighted by molar-refractivity contribution is -0.123. The van der Waals surface area contributed by atoms with E-state index in [4.69, 9.17) is 4.74 Å². The normalized spacial score (nSPS) is 16.2. The van der Waals surface area contributed by atoms with Crippen LogP contribution in [0.4, 0.5) is 0 Å². The monoisotopic (exact) mass is 295 g/mol. The largest absolute Gasteiger partial charge is 0.483 e. The minimum Gasteiger partial charge on any atom is -0.483 e. The Morgan fingerprint density at radius 2 is 2.00 bits per heavy atom. The summed E-state index contributed by atoms with van der Waals surface area (Å²) in [7, 11) is 0. The van der Waals surface area contributed by atoms with Gasteiger partial charge in [0.15, 0.2) is 6.61 Å². The Morgan fingerprint density at radius 3 is 2.86 bits per heavy atom. The molecule has 0 spiro atoms. The highest BCUT2D eigenvalue weighted by atomic mass is 16.5. The molecular weight excluding hydrogens is 274 g/mol. The topological polar surface area (TPSA) is 38.3 Å². The lowest BCUT2D eigenvalue weighted by atomic mass is 10.1. The van der Waals surface area contributed by atoms with Crippen molar-refractivity contribution in [1.82, 2.24) is 5.32 Å². The van der Waals surface area contributed by atoms with Gasteiger partial charge in [-0.2, -0.15) is 0 Å². The zero-order valence-corrected chi connectivity index (χ0v) is 13.1. The number of aryl methyl sites for hydroxylation is 2. The first-order valence-corrected chi connectivity index (χ1v) is 7.71. The van der Waals surface area contributed by atoms with Crippen LogP contribution < -0.4 is 10.1 Å². The van der Waals surface area contributed by atoms with Crippen molar-refractivity contribution in [1.29, 1.82) is 0 Å². The van der Waals surface area contributed by atoms with Crippen molar-refractivity contribution in [3.8, 4) is 5.75 Å². The number of carbonyl (C=O) groups excluding carboxylic acids is 1. The lowest BCUT2D eigenvalue weighted by Crippen LogP contribution is -2.31. The number of amides is 1. The van der Waals surface area contributed by atoms with E-state index in [1.807, 2.05) is 44.2 Å². The Labute approximate surface area is 131 Å². The molecule has 0 saturated heterocycles. The van der Waals surface area contributed by atoms with E-state index in [-0.39, 0.29) is 18.6 Å². The van der Waals surface area contributed by atoms with Crippen LogP contribution in [-0.2, 0) is 11.2 Å². The molecule has 2 aromatic rings. The van der Waals surface area contributed by atoms with Crippen LogP contribution in [0.1, 0.15) is 34.7 Å². The van der Waals surface area contributed by atoms with E-state index in [1.165, 1.54) is 16.7 Å². The van der Waals surface area contributed by atoms with E-state index >= 15 is 0 Å². The first-order chi connectivity index (χ1) is 10.6. The summed E-state index contributed by atoms with van der Waals surface area (Å²) < 4.78 is 5.67. The Balaban J connectivity index is 1.59. The summed E-state index contributed by atoms with van der Waals surface area (Å²) in [6.07, 6.45) is 1.99. The van der Waals surface area contributed by atoms with Crippen molar-refractivity contribution in [2.75, 3.05) is 6.61 Å². The molecule has 1 aliphatic carbocycles. The number of benzene rings is 2. The first kappa shape index (κ1) is 14.6. The molecule has 0 fully saturated rings. The molecule has 0 unspecified atom stereocenters. The summed E-state index contributed by atoms with van der Waals surface area (Å²) in [5, 5.41) is 3.08. The molecule has 0 saturated carbocycles. The van der Waals surface area contributed by atoms with Crippen LogP contribution in [-0.4, -0.2) is 12.5 Å². The predicted molar refractivity (Wildman–Crippen MR) is 87.1 cm³/mol. The minimum atomic E-state index is -0.0670. The van der Waals surface area contributed by atoms with Gasteiger partial charge in [0.05, 0.1) is 6.04 Å². The number of nitrogens with one attached hydrogen (secondary N) is 1. The van der Waals surface area contributed by atoms with E-state index in [1.54, 1.807) is 0 Å². The van der Waals surface area contributed by atoms with Gasteiger partial charge < -0.3 is 10.1 Å². The molecule has 3 heteroatoms. The van der Waals surface area contributed by atoms with Crippen LogP contribution >= 0.6 is 0 Å². The standard InChI is InChI=1S/C19H21NO2/c1-13-6-5-9-18(14(13)2)22-12-19(21)20-17-11-10-15-7-3-4-8-16(15)17/h3-9,17H,10-12H2,1-2H3,(H,20,21)/t17-/m1/s1. The van der Waals surface area contributed by atoms with Crippen LogP contribution in [0.3, 0.4) is 0 Å². The van der Waals surface area contributed by atoms with Crippen molar-refractivity contribution in [2.24, 2.45) is 0 Å². The molecule has 1 aliphatic rings. The van der Waals surface area contributed by atoms with Crippen LogP contribution in [0.2, 0.25) is 0 Å². The smallest absolute Gasteiger partial charge is 0.258 e. The fraction of sp³-hybridized carbons (Fsp3) is 0.316. The maximum Gasteiger partial charge on any atom is 0.258 e. The second-order valence-electron chi connectivity index (χ2n) is 5.84. The number of hydrogen-bond acceptors (Lipinski definition) is 2. The summed E-state index contributed by atoms with van der Waals surface area (Å²) in [4.78, 5) is 12.1. The van der Waals surface area contributed by atoms with Crippen LogP contribution in [0.15, 0.2) is 42.5 Å². The zero-order chi connectivity index (χ0) is 15.5. The Morgan fingerprint density at radius 1 is 1.18 bits per heavy atom. The Kier molecular flexibility index (Phi) is 4.14. The fourth-order valence-corrected chi connectivity index (χ4v) is 2.97. The molecule has 3 nitrogen and oxygen atoms in total. The molecule has 114 valence electrons. The van der Waals surface area contributed by atoms with Crippen molar-refractivity contribution in [2.45, 2.75) is 32.7 Å². The van der Waals surface area contributed by atoms with Crippen LogP contribution in [0.25, 0.3) is 0 Å². The molecule has 3 rings (SSSR count). The van der Waals surface area contributed by atoms with Crippen molar-refractivity contribution >= 4 is 5.91 Å². The van der Waals surface area contributed by atoms with Gasteiger partial charge in [0.25, 0.3) is 5.91 Å². The number of rotatable bonds is 4. The summed E-state index contributed by atoms with van der Waals surface area (Å²) in [5.41, 5.74) is 4.83. The number of ether oxygens (including phenoxy) is 1. The number of carbonyl (C=O) groups is 1. The molecule has 0 bridgehead atoms. The summed E-state index contributed by atoms with van der Waals surface area (Å²) in [6, 6.07) is 14.3. The average Bonchev–Trinajstić information content (AvgIpc) is 2.92. The molecule has 0 heterocycles. The fourth-order valence-electron chi connectivity index (χ4n) is 2.97. The molecule has 2 aromatic carbocycles. The number of hydrogen-bond donors (Lipinski definition) is 1. The summed E-state index contributed by atoms with van der Waals surface area (Å²) in [5.74, 6) is 0.713. The van der Waals surface area contributed by atoms with Gasteiger partial charge in [-0.3, -0.25) is 4.79 Å². The second-order valence-corrected chi connectivity index (χ2v) is 5.84. The van der Waals surface area contributed by atoms with E-state index in [9.17, 15) is 4.79 Å². The van der Waals surface area contributed by atoms with Crippen molar-refractivity contribution < 1.29 is 9.53 Å². The molecule has 1 N–H and O–H groups in total. The van der Waals surface area contributed by atoms with Gasteiger partial charge in [-0.15, -0.1) is 0 Å². The van der Waals surface area contributed by atoms with Gasteiger partial charge in [-0.05, 0) is 55.0 Å². The van der Waals surface area contributed by atoms with Crippen LogP contribution in [0, 0.1) is 13.8 Å². The maximum atomic E-state index is 12.1. The third-order valence-electron chi connectivity index (χ3n) is 4.38. The van der Waals surface area contributed by atoms with Crippen molar-refractivity contribution in [3.05, 3.63) is 64.7 Å². The highest BCUT2D eigenvalue weighted by molar-refractivity contribution is 5.78. The van der Waals surface area contributed by atoms with Crippen LogP contribution in [0.5, 0.6) is 5.75 Å².